The average molecular weight is 233 g/mol. The molecule has 0 spiro atoms. The number of fused-ring (bicyclic) bond motifs is 1. The van der Waals surface area contributed by atoms with Crippen LogP contribution in [0.15, 0.2) is 12.5 Å². The Morgan fingerprint density at radius 3 is 2.88 bits per heavy atom. The maximum absolute atomic E-state index is 10.6. The quantitative estimate of drug-likeness (QED) is 0.869. The van der Waals surface area contributed by atoms with Crippen LogP contribution in [-0.4, -0.2) is 25.6 Å². The Morgan fingerprint density at radius 2 is 2.24 bits per heavy atom. The number of carboxylic acid groups (broad SMARTS) is 1. The number of rotatable bonds is 4. The topological polar surface area (TPSA) is 68.0 Å². The lowest BCUT2D eigenvalue weighted by molar-refractivity contribution is -0.136. The fourth-order valence-electron chi connectivity index (χ4n) is 2.07. The fourth-order valence-corrected chi connectivity index (χ4v) is 2.07. The molecule has 0 saturated carbocycles. The molecule has 5 heteroatoms. The van der Waals surface area contributed by atoms with E-state index in [0.29, 0.717) is 6.42 Å². The lowest BCUT2D eigenvalue weighted by Crippen LogP contribution is -1.98. The number of hydrogen-bond acceptors (Lipinski definition) is 3. The first-order valence-electron chi connectivity index (χ1n) is 5.63. The highest BCUT2D eigenvalue weighted by Gasteiger charge is 2.12. The van der Waals surface area contributed by atoms with Crippen LogP contribution in [0.25, 0.3) is 11.0 Å². The van der Waals surface area contributed by atoms with Crippen LogP contribution in [-0.2, 0) is 24.7 Å². The molecule has 0 bridgehead atoms. The molecule has 2 aromatic rings. The van der Waals surface area contributed by atoms with Gasteiger partial charge in [-0.15, -0.1) is 0 Å². The Hall–Kier alpha value is -1.91. The van der Waals surface area contributed by atoms with Gasteiger partial charge in [-0.05, 0) is 18.4 Å². The highest BCUT2D eigenvalue weighted by atomic mass is 16.4. The van der Waals surface area contributed by atoms with E-state index in [2.05, 4.69) is 9.97 Å². The molecular weight excluding hydrogens is 218 g/mol. The summed E-state index contributed by atoms with van der Waals surface area (Å²) in [5.41, 5.74) is 2.87. The number of carboxylic acids is 1. The van der Waals surface area contributed by atoms with Crippen molar-refractivity contribution < 1.29 is 9.90 Å². The van der Waals surface area contributed by atoms with Crippen LogP contribution in [0.3, 0.4) is 0 Å². The lowest BCUT2D eigenvalue weighted by atomic mass is 10.1. The third kappa shape index (κ3) is 2.13. The number of nitrogens with zero attached hydrogens (tertiary/aromatic N) is 3. The molecule has 1 N–H and O–H groups in total. The van der Waals surface area contributed by atoms with Gasteiger partial charge in [0.2, 0.25) is 0 Å². The largest absolute Gasteiger partial charge is 0.481 e. The van der Waals surface area contributed by atoms with Crippen molar-refractivity contribution in [3.63, 3.8) is 0 Å². The summed E-state index contributed by atoms with van der Waals surface area (Å²) in [6.45, 7) is 2.04. The average Bonchev–Trinajstić information content (AvgIpc) is 2.64. The number of aromatic nitrogens is 3. The van der Waals surface area contributed by atoms with Gasteiger partial charge >= 0.3 is 5.97 Å². The predicted octanol–water partition coefficient (Wildman–Crippen LogP) is 1.55. The smallest absolute Gasteiger partial charge is 0.303 e. The van der Waals surface area contributed by atoms with Gasteiger partial charge in [0.15, 0.2) is 0 Å². The van der Waals surface area contributed by atoms with E-state index in [1.165, 1.54) is 0 Å². The lowest BCUT2D eigenvalue weighted by Gasteiger charge is -2.01. The summed E-state index contributed by atoms with van der Waals surface area (Å²) in [6.07, 6.45) is 4.98. The van der Waals surface area contributed by atoms with E-state index in [1.807, 2.05) is 24.7 Å². The molecule has 0 aliphatic heterocycles. The van der Waals surface area contributed by atoms with Crippen LogP contribution >= 0.6 is 0 Å². The van der Waals surface area contributed by atoms with Crippen LogP contribution in [0.2, 0.25) is 0 Å². The van der Waals surface area contributed by atoms with Crippen LogP contribution in [0.1, 0.15) is 24.6 Å². The molecule has 0 fully saturated rings. The Balaban J connectivity index is 2.51. The van der Waals surface area contributed by atoms with Crippen molar-refractivity contribution in [1.29, 1.82) is 0 Å². The molecule has 2 rings (SSSR count). The number of hydrogen-bond donors (Lipinski definition) is 1. The van der Waals surface area contributed by atoms with Gasteiger partial charge in [-0.1, -0.05) is 6.92 Å². The molecule has 2 heterocycles. The Morgan fingerprint density at radius 1 is 1.47 bits per heavy atom. The third-order valence-electron chi connectivity index (χ3n) is 2.85. The number of aliphatic carboxylic acids is 1. The second-order valence-electron chi connectivity index (χ2n) is 4.03. The zero-order chi connectivity index (χ0) is 12.4. The first kappa shape index (κ1) is 11.6. The standard InChI is InChI=1S/C12H15N3O2/c1-3-9-11-8(4-5-10(16)17)6-15(2)12(11)14-7-13-9/h6-7H,3-5H2,1-2H3,(H,16,17). The van der Waals surface area contributed by atoms with Crippen LogP contribution in [0.5, 0.6) is 0 Å². The van der Waals surface area contributed by atoms with Crippen molar-refractivity contribution in [3.05, 3.63) is 23.8 Å². The maximum Gasteiger partial charge on any atom is 0.303 e. The van der Waals surface area contributed by atoms with Crippen LogP contribution in [0, 0.1) is 0 Å². The molecule has 90 valence electrons. The zero-order valence-corrected chi connectivity index (χ0v) is 9.97. The third-order valence-corrected chi connectivity index (χ3v) is 2.85. The number of aryl methyl sites for hydroxylation is 3. The van der Waals surface area contributed by atoms with E-state index in [1.54, 1.807) is 6.33 Å². The van der Waals surface area contributed by atoms with Gasteiger partial charge in [0, 0.05) is 25.1 Å². The minimum absolute atomic E-state index is 0.136. The summed E-state index contributed by atoms with van der Waals surface area (Å²) in [5.74, 6) is -0.781. The molecule has 0 unspecified atom stereocenters. The molecule has 0 amide bonds. The summed E-state index contributed by atoms with van der Waals surface area (Å²) in [5, 5.41) is 9.75. The van der Waals surface area contributed by atoms with Gasteiger partial charge in [0.25, 0.3) is 0 Å². The molecule has 0 radical (unpaired) electrons. The zero-order valence-electron chi connectivity index (χ0n) is 9.97. The maximum atomic E-state index is 10.6. The summed E-state index contributed by atoms with van der Waals surface area (Å²) in [4.78, 5) is 19.1. The normalized spacial score (nSPS) is 10.9. The van der Waals surface area contributed by atoms with Crippen LogP contribution < -0.4 is 0 Å². The second-order valence-corrected chi connectivity index (χ2v) is 4.03. The van der Waals surface area contributed by atoms with Gasteiger partial charge in [0.05, 0.1) is 5.69 Å². The molecule has 5 nitrogen and oxygen atoms in total. The summed E-state index contributed by atoms with van der Waals surface area (Å²) >= 11 is 0. The molecule has 2 aromatic heterocycles. The van der Waals surface area contributed by atoms with Gasteiger partial charge in [-0.25, -0.2) is 9.97 Å². The van der Waals surface area contributed by atoms with Crippen molar-refractivity contribution >= 4 is 17.0 Å². The van der Waals surface area contributed by atoms with Gasteiger partial charge < -0.3 is 9.67 Å². The molecule has 0 atom stereocenters. The van der Waals surface area contributed by atoms with E-state index in [4.69, 9.17) is 5.11 Å². The van der Waals surface area contributed by atoms with E-state index >= 15 is 0 Å². The van der Waals surface area contributed by atoms with E-state index in [-0.39, 0.29) is 6.42 Å². The molecule has 0 aromatic carbocycles. The van der Waals surface area contributed by atoms with Crippen molar-refractivity contribution in [3.8, 4) is 0 Å². The Kier molecular flexibility index (Phi) is 3.08. The summed E-state index contributed by atoms with van der Waals surface area (Å²) in [7, 11) is 1.92. The van der Waals surface area contributed by atoms with E-state index in [0.717, 1.165) is 28.7 Å². The molecule has 0 saturated heterocycles. The van der Waals surface area contributed by atoms with Crippen molar-refractivity contribution in [2.75, 3.05) is 0 Å². The molecule has 17 heavy (non-hydrogen) atoms. The highest BCUT2D eigenvalue weighted by Crippen LogP contribution is 2.22. The first-order valence-corrected chi connectivity index (χ1v) is 5.63. The van der Waals surface area contributed by atoms with E-state index < -0.39 is 5.97 Å². The van der Waals surface area contributed by atoms with Gasteiger partial charge in [-0.2, -0.15) is 0 Å². The summed E-state index contributed by atoms with van der Waals surface area (Å²) in [6, 6.07) is 0. The fraction of sp³-hybridized carbons (Fsp3) is 0.417. The van der Waals surface area contributed by atoms with Crippen molar-refractivity contribution in [2.24, 2.45) is 7.05 Å². The Bertz CT molecular complexity index is 560. The second kappa shape index (κ2) is 4.53. The SMILES string of the molecule is CCc1ncnc2c1c(CCC(=O)O)cn2C. The van der Waals surface area contributed by atoms with Gasteiger partial charge in [-0.3, -0.25) is 4.79 Å². The molecule has 0 aliphatic rings. The highest BCUT2D eigenvalue weighted by molar-refractivity contribution is 5.83. The summed E-state index contributed by atoms with van der Waals surface area (Å²) < 4.78 is 1.92. The molecule has 0 aliphatic carbocycles. The number of carbonyl (C=O) groups is 1. The molecular formula is C12H15N3O2. The van der Waals surface area contributed by atoms with Gasteiger partial charge in [0.1, 0.15) is 12.0 Å². The Labute approximate surface area is 99.1 Å². The van der Waals surface area contributed by atoms with Crippen LogP contribution in [0.4, 0.5) is 0 Å². The minimum atomic E-state index is -0.781. The predicted molar refractivity (Wildman–Crippen MR) is 63.8 cm³/mol. The van der Waals surface area contributed by atoms with Crippen molar-refractivity contribution in [2.45, 2.75) is 26.2 Å². The van der Waals surface area contributed by atoms with E-state index in [9.17, 15) is 4.79 Å². The van der Waals surface area contributed by atoms with Crippen molar-refractivity contribution in [1.82, 2.24) is 14.5 Å². The minimum Gasteiger partial charge on any atom is -0.481 e. The monoisotopic (exact) mass is 233 g/mol. The first-order chi connectivity index (χ1) is 8.13.